The number of thiazole rings is 1. The molecule has 35 heavy (non-hydrogen) atoms. The summed E-state index contributed by atoms with van der Waals surface area (Å²) in [4.78, 5) is 28.9. The van der Waals surface area contributed by atoms with Gasteiger partial charge in [-0.25, -0.2) is 23.1 Å². The maximum atomic E-state index is 12.8. The Bertz CT molecular complexity index is 1110. The molecule has 1 amide bonds. The Hall–Kier alpha value is -3.21. The minimum Gasteiger partial charge on any atom is -0.384 e. The lowest BCUT2D eigenvalue weighted by molar-refractivity contribution is -0.128. The Morgan fingerprint density at radius 2 is 2.03 bits per heavy atom. The van der Waals surface area contributed by atoms with Crippen molar-refractivity contribution in [3.63, 3.8) is 0 Å². The van der Waals surface area contributed by atoms with E-state index in [0.717, 1.165) is 22.5 Å². The third kappa shape index (κ3) is 9.51. The van der Waals surface area contributed by atoms with Gasteiger partial charge in [-0.1, -0.05) is 26.8 Å². The number of aliphatic imine (C=N–C) groups is 1. The average Bonchev–Trinajstić information content (AvgIpc) is 3.55. The summed E-state index contributed by atoms with van der Waals surface area (Å²) in [6, 6.07) is 4.97. The number of aromatic amines is 1. The van der Waals surface area contributed by atoms with Gasteiger partial charge in [0.1, 0.15) is 17.2 Å². The molecule has 3 heterocycles. The Balaban J connectivity index is 0.000000301. The molecule has 0 unspecified atom stereocenters. The molecule has 1 aliphatic heterocycles. The smallest absolute Gasteiger partial charge is 0.249 e. The fraction of sp³-hybridized carbons (Fsp3) is 0.417. The lowest BCUT2D eigenvalue weighted by Crippen LogP contribution is -2.36. The molecule has 11 heteroatoms. The van der Waals surface area contributed by atoms with E-state index in [9.17, 15) is 18.0 Å². The van der Waals surface area contributed by atoms with Crippen LogP contribution in [0, 0.1) is 5.82 Å². The molecule has 0 bridgehead atoms. The normalized spacial score (nSPS) is 13.1. The van der Waals surface area contributed by atoms with Crippen LogP contribution in [0.25, 0.3) is 10.2 Å². The summed E-state index contributed by atoms with van der Waals surface area (Å²) in [6.07, 6.45) is 1.92. The van der Waals surface area contributed by atoms with E-state index >= 15 is 0 Å². The summed E-state index contributed by atoms with van der Waals surface area (Å²) in [5.41, 5.74) is 10.4. The third-order valence-corrected chi connectivity index (χ3v) is 5.44. The standard InChI is InChI=1S/C12H17N5O.C7H4FNS.C3H6F2.C2H6/c1-8(5-11(13)14-2)12(18)17-4-3-9-10(6-17)16-7-15-9;8-5-2-1-3-6-7(5)9-4-10-6;1-2-3(4)5;1-2/h5,7H,3-4,6H2,1-2H3,(H2,13,14)(H,15,16);1-4H;3H,2H2,1H3;1-2H3/b8-5+;;;. The first-order chi connectivity index (χ1) is 16.8. The number of para-hydroxylation sites is 1. The topological polar surface area (TPSA) is 100 Å². The number of benzene rings is 1. The zero-order valence-corrected chi connectivity index (χ0v) is 21.5. The number of carbonyl (C=O) groups is 1. The number of amides is 1. The van der Waals surface area contributed by atoms with Crippen molar-refractivity contribution in [2.24, 2.45) is 10.7 Å². The number of imidazole rings is 1. The zero-order valence-electron chi connectivity index (χ0n) is 20.7. The number of nitrogens with one attached hydrogen (secondary N) is 1. The second-order valence-corrected chi connectivity index (χ2v) is 7.90. The number of nitrogens with two attached hydrogens (primary N) is 1. The van der Waals surface area contributed by atoms with Gasteiger partial charge in [0.25, 0.3) is 0 Å². The molecule has 1 aliphatic rings. The van der Waals surface area contributed by atoms with E-state index in [1.54, 1.807) is 42.9 Å². The van der Waals surface area contributed by atoms with Gasteiger partial charge in [0.05, 0.1) is 34.5 Å². The molecule has 0 radical (unpaired) electrons. The Labute approximate surface area is 208 Å². The lowest BCUT2D eigenvalue weighted by atomic mass is 10.1. The summed E-state index contributed by atoms with van der Waals surface area (Å²) < 4.78 is 35.2. The van der Waals surface area contributed by atoms with Crippen molar-refractivity contribution in [3.8, 4) is 0 Å². The minimum atomic E-state index is -2.12. The van der Waals surface area contributed by atoms with Crippen LogP contribution in [0.3, 0.4) is 0 Å². The number of hydrogen-bond acceptors (Lipinski definition) is 5. The minimum absolute atomic E-state index is 0.0122. The molecule has 192 valence electrons. The number of alkyl halides is 2. The lowest BCUT2D eigenvalue weighted by Gasteiger charge is -2.26. The molecule has 4 rings (SSSR count). The molecule has 2 aromatic heterocycles. The van der Waals surface area contributed by atoms with E-state index in [1.165, 1.54) is 24.3 Å². The van der Waals surface area contributed by atoms with Crippen molar-refractivity contribution < 1.29 is 18.0 Å². The molecule has 7 nitrogen and oxygen atoms in total. The van der Waals surface area contributed by atoms with Crippen LogP contribution in [0.2, 0.25) is 0 Å². The van der Waals surface area contributed by atoms with Gasteiger partial charge in [0, 0.05) is 32.0 Å². The first kappa shape index (κ1) is 29.8. The van der Waals surface area contributed by atoms with E-state index in [4.69, 9.17) is 5.73 Å². The van der Waals surface area contributed by atoms with Crippen molar-refractivity contribution in [2.75, 3.05) is 13.6 Å². The van der Waals surface area contributed by atoms with Crippen molar-refractivity contribution in [1.29, 1.82) is 0 Å². The number of H-pyrrole nitrogens is 1. The molecule has 0 spiro atoms. The summed E-state index contributed by atoms with van der Waals surface area (Å²) in [5, 5.41) is 0. The van der Waals surface area contributed by atoms with Crippen LogP contribution in [0.1, 0.15) is 45.5 Å². The predicted octanol–water partition coefficient (Wildman–Crippen LogP) is 5.35. The highest BCUT2D eigenvalue weighted by Crippen LogP contribution is 2.19. The predicted molar refractivity (Wildman–Crippen MR) is 136 cm³/mol. The molecule has 3 N–H and O–H groups in total. The van der Waals surface area contributed by atoms with Crippen LogP contribution in [0.15, 0.2) is 46.7 Å². The molecule has 0 saturated carbocycles. The maximum Gasteiger partial charge on any atom is 0.249 e. The molecule has 0 fully saturated rings. The van der Waals surface area contributed by atoms with Crippen molar-refractivity contribution >= 4 is 33.3 Å². The van der Waals surface area contributed by atoms with Crippen LogP contribution >= 0.6 is 11.3 Å². The average molecular weight is 511 g/mol. The molecule has 1 aromatic carbocycles. The highest BCUT2D eigenvalue weighted by atomic mass is 32.1. The van der Waals surface area contributed by atoms with E-state index in [-0.39, 0.29) is 18.1 Å². The number of halogens is 3. The van der Waals surface area contributed by atoms with E-state index in [2.05, 4.69) is 19.9 Å². The number of fused-ring (bicyclic) bond motifs is 2. The SMILES string of the molecule is CC.CCC(F)F.CN=C(N)/C=C(\C)C(=O)N1CCc2nc[nH]c2C1.Fc1cccc2scnc12. The summed E-state index contributed by atoms with van der Waals surface area (Å²) in [6.45, 7) is 8.46. The van der Waals surface area contributed by atoms with Gasteiger partial charge in [-0.2, -0.15) is 0 Å². The second-order valence-electron chi connectivity index (χ2n) is 7.02. The number of carbonyl (C=O) groups excluding carboxylic acids is 1. The number of amidine groups is 1. The fourth-order valence-corrected chi connectivity index (χ4v) is 3.53. The van der Waals surface area contributed by atoms with Gasteiger partial charge in [-0.3, -0.25) is 9.79 Å². The van der Waals surface area contributed by atoms with Crippen LogP contribution in [0.4, 0.5) is 13.2 Å². The summed E-state index contributed by atoms with van der Waals surface area (Å²) in [5.74, 6) is 0.112. The summed E-state index contributed by atoms with van der Waals surface area (Å²) >= 11 is 1.45. The van der Waals surface area contributed by atoms with Crippen molar-refractivity contribution in [2.45, 2.75) is 53.5 Å². The second kappa shape index (κ2) is 15.6. The highest BCUT2D eigenvalue weighted by Gasteiger charge is 2.23. The monoisotopic (exact) mass is 510 g/mol. The maximum absolute atomic E-state index is 12.8. The molecular formula is C24H33F3N6OS. The largest absolute Gasteiger partial charge is 0.384 e. The van der Waals surface area contributed by atoms with Crippen molar-refractivity contribution in [1.82, 2.24) is 19.9 Å². The molecule has 3 aromatic rings. The van der Waals surface area contributed by atoms with E-state index < -0.39 is 6.43 Å². The van der Waals surface area contributed by atoms with Gasteiger partial charge in [0.15, 0.2) is 0 Å². The first-order valence-electron chi connectivity index (χ1n) is 11.2. The molecule has 0 aliphatic carbocycles. The Morgan fingerprint density at radius 3 is 2.63 bits per heavy atom. The number of rotatable bonds is 3. The highest BCUT2D eigenvalue weighted by molar-refractivity contribution is 7.16. The van der Waals surface area contributed by atoms with Gasteiger partial charge in [-0.05, 0) is 25.1 Å². The van der Waals surface area contributed by atoms with E-state index in [1.807, 2.05) is 19.9 Å². The van der Waals surface area contributed by atoms with Crippen LogP contribution in [-0.4, -0.2) is 51.6 Å². The molecule has 0 saturated heterocycles. The number of aromatic nitrogens is 3. The summed E-state index contributed by atoms with van der Waals surface area (Å²) in [7, 11) is 1.60. The molecular weight excluding hydrogens is 477 g/mol. The van der Waals surface area contributed by atoms with Gasteiger partial charge >= 0.3 is 0 Å². The fourth-order valence-electron chi connectivity index (χ4n) is 2.84. The van der Waals surface area contributed by atoms with Gasteiger partial charge in [0.2, 0.25) is 12.3 Å². The molecule has 0 atom stereocenters. The van der Waals surface area contributed by atoms with Crippen LogP contribution in [0.5, 0.6) is 0 Å². The zero-order chi connectivity index (χ0) is 26.4. The van der Waals surface area contributed by atoms with Gasteiger partial charge in [-0.15, -0.1) is 11.3 Å². The Morgan fingerprint density at radius 1 is 1.34 bits per heavy atom. The Kier molecular flexibility index (Phi) is 13.3. The van der Waals surface area contributed by atoms with Crippen LogP contribution in [-0.2, 0) is 17.8 Å². The number of hydrogen-bond donors (Lipinski definition) is 2. The quantitative estimate of drug-likeness (QED) is 0.282. The van der Waals surface area contributed by atoms with Gasteiger partial charge < -0.3 is 15.6 Å². The third-order valence-electron chi connectivity index (χ3n) is 4.64. The first-order valence-corrected chi connectivity index (χ1v) is 12.1. The number of nitrogens with zero attached hydrogens (tertiary/aromatic N) is 4. The van der Waals surface area contributed by atoms with E-state index in [0.29, 0.717) is 30.0 Å². The van der Waals surface area contributed by atoms with Crippen molar-refractivity contribution in [3.05, 3.63) is 58.9 Å². The van der Waals surface area contributed by atoms with Crippen LogP contribution < -0.4 is 5.73 Å².